The average molecular weight is 275 g/mol. The first-order valence-electron chi connectivity index (χ1n) is 5.52. The number of hydrogen-bond acceptors (Lipinski definition) is 5. The van der Waals surface area contributed by atoms with Crippen LogP contribution in [0.2, 0.25) is 0 Å². The fraction of sp³-hybridized carbons (Fsp3) is 0.636. The minimum Gasteiger partial charge on any atom is -0.481 e. The number of nitrogens with zero attached hydrogens (tertiary/aromatic N) is 1. The van der Waals surface area contributed by atoms with E-state index in [1.807, 2.05) is 6.92 Å². The number of aryl methyl sites for hydroxylation is 1. The van der Waals surface area contributed by atoms with Crippen molar-refractivity contribution in [3.8, 4) is 0 Å². The molecule has 17 heavy (non-hydrogen) atoms. The lowest BCUT2D eigenvalue weighted by Gasteiger charge is -1.99. The van der Waals surface area contributed by atoms with Crippen LogP contribution in [0, 0.1) is 6.92 Å². The molecule has 0 saturated heterocycles. The van der Waals surface area contributed by atoms with Crippen molar-refractivity contribution in [1.29, 1.82) is 0 Å². The van der Waals surface area contributed by atoms with Crippen LogP contribution in [0.25, 0.3) is 0 Å². The van der Waals surface area contributed by atoms with Crippen LogP contribution < -0.4 is 0 Å². The molecular weight excluding hydrogens is 258 g/mol. The molecule has 1 aromatic heterocycles. The van der Waals surface area contributed by atoms with Crippen molar-refractivity contribution in [2.45, 2.75) is 31.0 Å². The van der Waals surface area contributed by atoms with Crippen molar-refractivity contribution < 1.29 is 14.6 Å². The second-order valence-corrected chi connectivity index (χ2v) is 5.95. The molecule has 0 radical (unpaired) electrons. The molecule has 0 aromatic carbocycles. The van der Waals surface area contributed by atoms with E-state index in [4.69, 9.17) is 9.84 Å². The molecule has 0 fully saturated rings. The first kappa shape index (κ1) is 14.5. The van der Waals surface area contributed by atoms with Gasteiger partial charge in [-0.25, -0.2) is 4.98 Å². The minimum atomic E-state index is -0.806. The Morgan fingerprint density at radius 1 is 1.53 bits per heavy atom. The van der Waals surface area contributed by atoms with Gasteiger partial charge in [-0.2, -0.15) is 0 Å². The number of aromatic nitrogens is 1. The van der Waals surface area contributed by atoms with Crippen LogP contribution >= 0.6 is 23.1 Å². The van der Waals surface area contributed by atoms with Gasteiger partial charge in [-0.15, -0.1) is 11.3 Å². The van der Waals surface area contributed by atoms with Gasteiger partial charge < -0.3 is 9.84 Å². The van der Waals surface area contributed by atoms with Crippen molar-refractivity contribution >= 4 is 29.1 Å². The Labute approximate surface area is 109 Å². The quantitative estimate of drug-likeness (QED) is 0.584. The molecule has 0 spiro atoms. The standard InChI is InChI=1S/C11H17NO3S2/c1-3-4-15-5-6-16-11-12-8(2)9(17-11)7-10(13)14/h3-7H2,1-2H3,(H,13,14). The van der Waals surface area contributed by atoms with E-state index >= 15 is 0 Å². The van der Waals surface area contributed by atoms with Crippen LogP contribution in [-0.4, -0.2) is 35.0 Å². The van der Waals surface area contributed by atoms with E-state index in [2.05, 4.69) is 11.9 Å². The molecular formula is C11H17NO3S2. The summed E-state index contributed by atoms with van der Waals surface area (Å²) in [4.78, 5) is 15.8. The van der Waals surface area contributed by atoms with Gasteiger partial charge in [-0.05, 0) is 13.3 Å². The fourth-order valence-electron chi connectivity index (χ4n) is 1.20. The van der Waals surface area contributed by atoms with E-state index in [9.17, 15) is 4.79 Å². The average Bonchev–Trinajstić information content (AvgIpc) is 2.58. The summed E-state index contributed by atoms with van der Waals surface area (Å²) in [5.41, 5.74) is 0.828. The van der Waals surface area contributed by atoms with E-state index in [0.29, 0.717) is 6.61 Å². The van der Waals surface area contributed by atoms with Crippen LogP contribution in [0.4, 0.5) is 0 Å². The molecule has 0 atom stereocenters. The highest BCUT2D eigenvalue weighted by Gasteiger charge is 2.10. The Bertz CT molecular complexity index is 366. The lowest BCUT2D eigenvalue weighted by atomic mass is 10.3. The SMILES string of the molecule is CCCOCCSc1nc(C)c(CC(=O)O)s1. The highest BCUT2D eigenvalue weighted by molar-refractivity contribution is 8.01. The van der Waals surface area contributed by atoms with Gasteiger partial charge in [-0.3, -0.25) is 4.79 Å². The summed E-state index contributed by atoms with van der Waals surface area (Å²) in [7, 11) is 0. The maximum atomic E-state index is 10.6. The van der Waals surface area contributed by atoms with E-state index in [1.165, 1.54) is 11.3 Å². The number of rotatable bonds is 8. The van der Waals surface area contributed by atoms with E-state index in [-0.39, 0.29) is 6.42 Å². The zero-order valence-electron chi connectivity index (χ0n) is 10.1. The van der Waals surface area contributed by atoms with Crippen molar-refractivity contribution in [2.24, 2.45) is 0 Å². The fourth-order valence-corrected chi connectivity index (χ4v) is 3.35. The minimum absolute atomic E-state index is 0.0659. The Hall–Kier alpha value is -0.590. The molecule has 0 aliphatic rings. The highest BCUT2D eigenvalue weighted by atomic mass is 32.2. The zero-order valence-corrected chi connectivity index (χ0v) is 11.7. The monoisotopic (exact) mass is 275 g/mol. The second kappa shape index (κ2) is 7.68. The van der Waals surface area contributed by atoms with Crippen LogP contribution in [0.1, 0.15) is 23.9 Å². The molecule has 0 aliphatic carbocycles. The number of aliphatic carboxylic acids is 1. The molecule has 1 aromatic rings. The Morgan fingerprint density at radius 2 is 2.29 bits per heavy atom. The summed E-state index contributed by atoms with van der Waals surface area (Å²) in [5.74, 6) is 0.0546. The third kappa shape index (κ3) is 5.52. The van der Waals surface area contributed by atoms with Gasteiger partial charge >= 0.3 is 5.97 Å². The normalized spacial score (nSPS) is 10.7. The predicted octanol–water partition coefficient (Wildman–Crippen LogP) is 2.60. The first-order valence-corrected chi connectivity index (χ1v) is 7.32. The molecule has 0 unspecified atom stereocenters. The molecule has 0 saturated carbocycles. The second-order valence-electron chi connectivity index (χ2n) is 3.52. The predicted molar refractivity (Wildman–Crippen MR) is 70.0 cm³/mol. The number of hydrogen-bond donors (Lipinski definition) is 1. The lowest BCUT2D eigenvalue weighted by Crippen LogP contribution is -1.99. The van der Waals surface area contributed by atoms with Gasteiger partial charge in [0.1, 0.15) is 4.34 Å². The number of ether oxygens (including phenoxy) is 1. The first-order chi connectivity index (χ1) is 8.13. The molecule has 6 heteroatoms. The summed E-state index contributed by atoms with van der Waals surface area (Å²) < 4.78 is 6.30. The summed E-state index contributed by atoms with van der Waals surface area (Å²) in [6, 6.07) is 0. The van der Waals surface area contributed by atoms with Gasteiger partial charge in [0.15, 0.2) is 0 Å². The van der Waals surface area contributed by atoms with Crippen LogP contribution in [0.5, 0.6) is 0 Å². The third-order valence-electron chi connectivity index (χ3n) is 1.99. The van der Waals surface area contributed by atoms with Crippen LogP contribution in [0.3, 0.4) is 0 Å². The van der Waals surface area contributed by atoms with Crippen molar-refractivity contribution in [1.82, 2.24) is 4.98 Å². The summed E-state index contributed by atoms with van der Waals surface area (Å²) >= 11 is 3.09. The maximum Gasteiger partial charge on any atom is 0.308 e. The largest absolute Gasteiger partial charge is 0.481 e. The molecule has 4 nitrogen and oxygen atoms in total. The number of carboxylic acid groups (broad SMARTS) is 1. The molecule has 1 heterocycles. The highest BCUT2D eigenvalue weighted by Crippen LogP contribution is 2.27. The zero-order chi connectivity index (χ0) is 12.7. The molecule has 96 valence electrons. The number of thiazole rings is 1. The van der Waals surface area contributed by atoms with Gasteiger partial charge in [0.25, 0.3) is 0 Å². The topological polar surface area (TPSA) is 59.4 Å². The van der Waals surface area contributed by atoms with E-state index in [1.54, 1.807) is 11.8 Å². The van der Waals surface area contributed by atoms with Crippen molar-refractivity contribution in [3.05, 3.63) is 10.6 Å². The van der Waals surface area contributed by atoms with Gasteiger partial charge in [0.05, 0.1) is 18.7 Å². The smallest absolute Gasteiger partial charge is 0.308 e. The molecule has 0 bridgehead atoms. The summed E-state index contributed by atoms with van der Waals surface area (Å²) in [6.45, 7) is 5.44. The Kier molecular flexibility index (Phi) is 6.54. The van der Waals surface area contributed by atoms with E-state index in [0.717, 1.165) is 33.7 Å². The Balaban J connectivity index is 2.36. The summed E-state index contributed by atoms with van der Waals surface area (Å²) in [6.07, 6.45) is 1.10. The van der Waals surface area contributed by atoms with Crippen molar-refractivity contribution in [2.75, 3.05) is 19.0 Å². The summed E-state index contributed by atoms with van der Waals surface area (Å²) in [5, 5.41) is 8.73. The van der Waals surface area contributed by atoms with Gasteiger partial charge in [0.2, 0.25) is 0 Å². The molecule has 1 N–H and O–H groups in total. The number of carbonyl (C=O) groups is 1. The number of carboxylic acids is 1. The maximum absolute atomic E-state index is 10.6. The van der Waals surface area contributed by atoms with Gasteiger partial charge in [0, 0.05) is 17.2 Å². The molecule has 0 amide bonds. The van der Waals surface area contributed by atoms with Crippen LogP contribution in [-0.2, 0) is 16.0 Å². The van der Waals surface area contributed by atoms with Crippen LogP contribution in [0.15, 0.2) is 4.34 Å². The van der Waals surface area contributed by atoms with Crippen molar-refractivity contribution in [3.63, 3.8) is 0 Å². The molecule has 1 rings (SSSR count). The number of thioether (sulfide) groups is 1. The Morgan fingerprint density at radius 3 is 2.94 bits per heavy atom. The van der Waals surface area contributed by atoms with Gasteiger partial charge in [-0.1, -0.05) is 18.7 Å². The van der Waals surface area contributed by atoms with E-state index < -0.39 is 5.97 Å². The third-order valence-corrected chi connectivity index (χ3v) is 4.25. The lowest BCUT2D eigenvalue weighted by molar-refractivity contribution is -0.136. The molecule has 0 aliphatic heterocycles.